The first-order chi connectivity index (χ1) is 8.81. The third-order valence-electron chi connectivity index (χ3n) is 3.37. The van der Waals surface area contributed by atoms with Crippen LogP contribution >= 0.6 is 0 Å². The molecule has 7 heteroatoms. The second-order valence-electron chi connectivity index (χ2n) is 5.18. The summed E-state index contributed by atoms with van der Waals surface area (Å²) < 4.78 is 28.1. The molecule has 1 saturated heterocycles. The Bertz CT molecular complexity index is 392. The molecule has 0 atom stereocenters. The van der Waals surface area contributed by atoms with Crippen LogP contribution in [0.15, 0.2) is 0 Å². The Kier molecular flexibility index (Phi) is 5.76. The Balaban J connectivity index is 2.71. The van der Waals surface area contributed by atoms with Crippen LogP contribution in [0.1, 0.15) is 19.8 Å². The Morgan fingerprint density at radius 3 is 2.37 bits per heavy atom. The van der Waals surface area contributed by atoms with Crippen LogP contribution in [0.3, 0.4) is 0 Å². The highest BCUT2D eigenvalue weighted by Gasteiger charge is 2.44. The number of nitrogens with zero attached hydrogens (tertiary/aromatic N) is 1. The molecular weight excluding hydrogens is 268 g/mol. The first-order valence-corrected chi connectivity index (χ1v) is 8.41. The number of rotatable bonds is 6. The number of carbonyl (C=O) groups excluding carboxylic acids is 1. The number of sulfone groups is 1. The van der Waals surface area contributed by atoms with Crippen LogP contribution in [-0.4, -0.2) is 70.1 Å². The minimum absolute atomic E-state index is 0.0424. The van der Waals surface area contributed by atoms with E-state index in [0.717, 1.165) is 6.54 Å². The van der Waals surface area contributed by atoms with Crippen molar-refractivity contribution in [3.05, 3.63) is 0 Å². The zero-order valence-electron chi connectivity index (χ0n) is 11.9. The van der Waals surface area contributed by atoms with E-state index >= 15 is 0 Å². The summed E-state index contributed by atoms with van der Waals surface area (Å²) in [5, 5.41) is 3.21. The summed E-state index contributed by atoms with van der Waals surface area (Å²) >= 11 is 0. The summed E-state index contributed by atoms with van der Waals surface area (Å²) in [4.78, 5) is 14.1. The lowest BCUT2D eigenvalue weighted by molar-refractivity contribution is -0.151. The van der Waals surface area contributed by atoms with E-state index in [9.17, 15) is 13.2 Å². The largest absolute Gasteiger partial charge is 0.465 e. The first-order valence-electron chi connectivity index (χ1n) is 6.59. The van der Waals surface area contributed by atoms with Gasteiger partial charge in [0.1, 0.15) is 15.4 Å². The summed E-state index contributed by atoms with van der Waals surface area (Å²) in [7, 11) is 0.895. The molecule has 0 aliphatic carbocycles. The van der Waals surface area contributed by atoms with Gasteiger partial charge in [0.05, 0.1) is 18.1 Å². The monoisotopic (exact) mass is 292 g/mol. The van der Waals surface area contributed by atoms with Crippen molar-refractivity contribution in [1.82, 2.24) is 10.2 Å². The lowest BCUT2D eigenvalue weighted by Crippen LogP contribution is -2.58. The van der Waals surface area contributed by atoms with Crippen LogP contribution in [0.2, 0.25) is 0 Å². The Labute approximate surface area is 115 Å². The van der Waals surface area contributed by atoms with E-state index in [1.54, 1.807) is 6.92 Å². The number of carbonyl (C=O) groups is 1. The van der Waals surface area contributed by atoms with Crippen molar-refractivity contribution in [2.24, 2.45) is 0 Å². The number of nitrogens with one attached hydrogen (secondary N) is 1. The van der Waals surface area contributed by atoms with Gasteiger partial charge in [-0.1, -0.05) is 0 Å². The third kappa shape index (κ3) is 4.74. The molecule has 0 spiro atoms. The Morgan fingerprint density at radius 1 is 1.32 bits per heavy atom. The molecule has 1 N–H and O–H groups in total. The van der Waals surface area contributed by atoms with Gasteiger partial charge in [-0.15, -0.1) is 0 Å². The van der Waals surface area contributed by atoms with E-state index in [-0.39, 0.29) is 17.5 Å². The minimum Gasteiger partial charge on any atom is -0.465 e. The highest BCUT2D eigenvalue weighted by molar-refractivity contribution is 7.91. The van der Waals surface area contributed by atoms with Crippen molar-refractivity contribution in [3.63, 3.8) is 0 Å². The maximum atomic E-state index is 12.1. The fraction of sp³-hybridized carbons (Fsp3) is 0.917. The van der Waals surface area contributed by atoms with Crippen molar-refractivity contribution >= 4 is 15.8 Å². The summed E-state index contributed by atoms with van der Waals surface area (Å²) in [5.74, 6) is -0.245. The Morgan fingerprint density at radius 2 is 1.89 bits per heavy atom. The fourth-order valence-corrected chi connectivity index (χ4v) is 3.65. The van der Waals surface area contributed by atoms with Crippen molar-refractivity contribution in [2.45, 2.75) is 25.3 Å². The fourth-order valence-electron chi connectivity index (χ4n) is 2.13. The van der Waals surface area contributed by atoms with Gasteiger partial charge < -0.3 is 15.0 Å². The molecule has 1 rings (SSSR count). The maximum Gasteiger partial charge on any atom is 0.326 e. The van der Waals surface area contributed by atoms with E-state index < -0.39 is 15.4 Å². The Hall–Kier alpha value is -0.660. The maximum absolute atomic E-state index is 12.1. The molecule has 1 aliphatic heterocycles. The zero-order valence-corrected chi connectivity index (χ0v) is 12.8. The lowest BCUT2D eigenvalue weighted by atomic mass is 9.92. The molecular formula is C12H24N2O4S. The number of ether oxygens (including phenoxy) is 1. The molecule has 1 heterocycles. The number of esters is 1. The number of likely N-dealkylation sites (N-methyl/N-ethyl adjacent to an activating group) is 1. The molecule has 112 valence electrons. The molecule has 0 aromatic carbocycles. The van der Waals surface area contributed by atoms with Crippen molar-refractivity contribution in [2.75, 3.05) is 45.3 Å². The molecule has 6 nitrogen and oxygen atoms in total. The quantitative estimate of drug-likeness (QED) is 0.674. The van der Waals surface area contributed by atoms with Gasteiger partial charge in [-0.3, -0.25) is 4.79 Å². The van der Waals surface area contributed by atoms with Gasteiger partial charge in [0.25, 0.3) is 0 Å². The molecule has 19 heavy (non-hydrogen) atoms. The van der Waals surface area contributed by atoms with Gasteiger partial charge in [0.15, 0.2) is 0 Å². The van der Waals surface area contributed by atoms with Crippen molar-refractivity contribution < 1.29 is 17.9 Å². The summed E-state index contributed by atoms with van der Waals surface area (Å²) in [6.07, 6.45) is 0.586. The van der Waals surface area contributed by atoms with Crippen LogP contribution in [0.4, 0.5) is 0 Å². The van der Waals surface area contributed by atoms with Gasteiger partial charge in [-0.2, -0.15) is 0 Å². The lowest BCUT2D eigenvalue weighted by Gasteiger charge is -2.35. The molecule has 1 aliphatic rings. The van der Waals surface area contributed by atoms with Crippen molar-refractivity contribution in [3.8, 4) is 0 Å². The summed E-state index contributed by atoms with van der Waals surface area (Å²) in [6.45, 7) is 3.48. The van der Waals surface area contributed by atoms with E-state index in [2.05, 4.69) is 5.32 Å². The highest BCUT2D eigenvalue weighted by Crippen LogP contribution is 2.25. The second kappa shape index (κ2) is 6.67. The van der Waals surface area contributed by atoms with Crippen LogP contribution in [0.5, 0.6) is 0 Å². The van der Waals surface area contributed by atoms with Crippen molar-refractivity contribution in [1.29, 1.82) is 0 Å². The van der Waals surface area contributed by atoms with E-state index in [4.69, 9.17) is 4.74 Å². The molecule has 1 fully saturated rings. The van der Waals surface area contributed by atoms with Gasteiger partial charge >= 0.3 is 5.97 Å². The van der Waals surface area contributed by atoms with Gasteiger partial charge in [-0.25, -0.2) is 8.42 Å². The van der Waals surface area contributed by atoms with Crippen LogP contribution in [0, 0.1) is 0 Å². The van der Waals surface area contributed by atoms with Crippen LogP contribution in [0.25, 0.3) is 0 Å². The smallest absolute Gasteiger partial charge is 0.326 e. The molecule has 0 radical (unpaired) electrons. The molecule has 0 aromatic heterocycles. The van der Waals surface area contributed by atoms with E-state index in [1.165, 1.54) is 0 Å². The molecule has 0 aromatic rings. The molecule has 0 bridgehead atoms. The molecule has 0 unspecified atom stereocenters. The average molecular weight is 292 g/mol. The second-order valence-corrected chi connectivity index (χ2v) is 7.49. The number of hydrogen-bond donors (Lipinski definition) is 1. The SMILES string of the molecule is CCOC(=O)C1(NCCN(C)C)CCS(=O)(=O)CC1. The van der Waals surface area contributed by atoms with E-state index in [0.29, 0.717) is 26.0 Å². The van der Waals surface area contributed by atoms with Gasteiger partial charge in [0, 0.05) is 13.1 Å². The standard InChI is InChI=1S/C12H24N2O4S/c1-4-18-11(15)12(13-7-8-14(2)3)5-9-19(16,17)10-6-12/h13H,4-10H2,1-3H3. The summed E-state index contributed by atoms with van der Waals surface area (Å²) in [5.41, 5.74) is -0.836. The van der Waals surface area contributed by atoms with E-state index in [1.807, 2.05) is 19.0 Å². The zero-order chi connectivity index (χ0) is 14.5. The number of hydrogen-bond acceptors (Lipinski definition) is 6. The van der Waals surface area contributed by atoms with Crippen LogP contribution in [-0.2, 0) is 19.4 Å². The van der Waals surface area contributed by atoms with Gasteiger partial charge in [-0.05, 0) is 33.9 Å². The topological polar surface area (TPSA) is 75.7 Å². The normalized spacial score (nSPS) is 21.3. The predicted octanol–water partition coefficient (Wildman–Crippen LogP) is -0.352. The highest BCUT2D eigenvalue weighted by atomic mass is 32.2. The molecule has 0 amide bonds. The third-order valence-corrected chi connectivity index (χ3v) is 5.02. The minimum atomic E-state index is -3.00. The molecule has 0 saturated carbocycles. The average Bonchev–Trinajstić information content (AvgIpc) is 2.31. The predicted molar refractivity (Wildman–Crippen MR) is 73.8 cm³/mol. The van der Waals surface area contributed by atoms with Gasteiger partial charge in [0.2, 0.25) is 0 Å². The first kappa shape index (κ1) is 16.4. The summed E-state index contributed by atoms with van der Waals surface area (Å²) in [6, 6.07) is 0. The van der Waals surface area contributed by atoms with Crippen LogP contribution < -0.4 is 5.32 Å².